The van der Waals surface area contributed by atoms with Crippen molar-refractivity contribution >= 4 is 0 Å². The molecule has 1 saturated carbocycles. The van der Waals surface area contributed by atoms with Crippen molar-refractivity contribution in [2.24, 2.45) is 5.73 Å². The van der Waals surface area contributed by atoms with Crippen LogP contribution in [0.2, 0.25) is 0 Å². The number of halogens is 1. The van der Waals surface area contributed by atoms with E-state index in [2.05, 4.69) is 0 Å². The molecule has 1 aliphatic heterocycles. The minimum Gasteiger partial charge on any atom is -0.486 e. The molecule has 1 atom stereocenters. The standard InChI is InChI=1S/C16H22FNO2/c1-11(17)12-9-14-15(20-8-7-19-14)10-13(12)16(18)5-3-2-4-6-16/h9-11H,2-8,18H2,1H3. The molecule has 1 unspecified atom stereocenters. The molecule has 1 fully saturated rings. The van der Waals surface area contributed by atoms with Crippen LogP contribution < -0.4 is 15.2 Å². The van der Waals surface area contributed by atoms with Crippen molar-refractivity contribution in [2.45, 2.75) is 50.7 Å². The summed E-state index contributed by atoms with van der Waals surface area (Å²) < 4.78 is 25.2. The first-order valence-electron chi connectivity index (χ1n) is 7.47. The van der Waals surface area contributed by atoms with Crippen LogP contribution in [0.25, 0.3) is 0 Å². The third kappa shape index (κ3) is 2.37. The van der Waals surface area contributed by atoms with Gasteiger partial charge < -0.3 is 15.2 Å². The van der Waals surface area contributed by atoms with Crippen LogP contribution in [0.5, 0.6) is 11.5 Å². The minimum absolute atomic E-state index is 0.427. The summed E-state index contributed by atoms with van der Waals surface area (Å²) in [5, 5.41) is 0. The highest BCUT2D eigenvalue weighted by Gasteiger charge is 2.34. The Kier molecular flexibility index (Phi) is 3.59. The molecule has 0 saturated heterocycles. The van der Waals surface area contributed by atoms with Gasteiger partial charge in [0.2, 0.25) is 0 Å². The second-order valence-corrected chi connectivity index (χ2v) is 5.92. The maximum Gasteiger partial charge on any atom is 0.161 e. The zero-order chi connectivity index (χ0) is 14.2. The lowest BCUT2D eigenvalue weighted by Gasteiger charge is -2.36. The third-order valence-electron chi connectivity index (χ3n) is 4.43. The van der Waals surface area contributed by atoms with Gasteiger partial charge in [-0.25, -0.2) is 4.39 Å². The van der Waals surface area contributed by atoms with E-state index in [-0.39, 0.29) is 0 Å². The van der Waals surface area contributed by atoms with Crippen molar-refractivity contribution in [3.63, 3.8) is 0 Å². The van der Waals surface area contributed by atoms with Crippen LogP contribution >= 0.6 is 0 Å². The molecule has 0 bridgehead atoms. The molecule has 3 nitrogen and oxygen atoms in total. The van der Waals surface area contributed by atoms with Gasteiger partial charge >= 0.3 is 0 Å². The quantitative estimate of drug-likeness (QED) is 0.899. The Balaban J connectivity index is 2.07. The molecule has 20 heavy (non-hydrogen) atoms. The lowest BCUT2D eigenvalue weighted by atomic mass is 9.75. The fourth-order valence-electron chi connectivity index (χ4n) is 3.32. The van der Waals surface area contributed by atoms with Crippen molar-refractivity contribution in [1.29, 1.82) is 0 Å². The molecule has 1 aromatic rings. The molecule has 2 N–H and O–H groups in total. The van der Waals surface area contributed by atoms with Crippen LogP contribution in [-0.4, -0.2) is 13.2 Å². The van der Waals surface area contributed by atoms with Crippen molar-refractivity contribution in [2.75, 3.05) is 13.2 Å². The van der Waals surface area contributed by atoms with E-state index in [1.54, 1.807) is 13.0 Å². The molecule has 3 rings (SSSR count). The molecular formula is C16H22FNO2. The lowest BCUT2D eigenvalue weighted by Crippen LogP contribution is -2.39. The molecule has 0 radical (unpaired) electrons. The van der Waals surface area contributed by atoms with Gasteiger partial charge in [0, 0.05) is 5.54 Å². The predicted molar refractivity (Wildman–Crippen MR) is 75.9 cm³/mol. The Morgan fingerprint density at radius 2 is 1.70 bits per heavy atom. The SMILES string of the molecule is CC(F)c1cc2c(cc1C1(N)CCCCC1)OCCO2. The molecule has 4 heteroatoms. The van der Waals surface area contributed by atoms with Gasteiger partial charge in [0.15, 0.2) is 11.5 Å². The monoisotopic (exact) mass is 279 g/mol. The van der Waals surface area contributed by atoms with E-state index in [9.17, 15) is 4.39 Å². The van der Waals surface area contributed by atoms with Crippen LogP contribution in [0, 0.1) is 0 Å². The first-order chi connectivity index (χ1) is 9.60. The molecule has 0 spiro atoms. The number of rotatable bonds is 2. The summed E-state index contributed by atoms with van der Waals surface area (Å²) in [6, 6.07) is 3.68. The van der Waals surface area contributed by atoms with Crippen molar-refractivity contribution in [3.8, 4) is 11.5 Å². The zero-order valence-corrected chi connectivity index (χ0v) is 12.0. The Morgan fingerprint density at radius 3 is 2.30 bits per heavy atom. The maximum atomic E-state index is 14.0. The normalized spacial score (nSPS) is 22.4. The summed E-state index contributed by atoms with van der Waals surface area (Å²) in [6.45, 7) is 2.61. The van der Waals surface area contributed by atoms with E-state index in [0.717, 1.165) is 31.2 Å². The highest BCUT2D eigenvalue weighted by molar-refractivity contribution is 5.51. The van der Waals surface area contributed by atoms with Crippen molar-refractivity contribution in [3.05, 3.63) is 23.3 Å². The average molecular weight is 279 g/mol. The van der Waals surface area contributed by atoms with Gasteiger partial charge in [-0.1, -0.05) is 19.3 Å². The van der Waals surface area contributed by atoms with E-state index in [4.69, 9.17) is 15.2 Å². The molecule has 110 valence electrons. The van der Waals surface area contributed by atoms with E-state index in [1.807, 2.05) is 6.07 Å². The molecule has 1 aromatic carbocycles. The smallest absolute Gasteiger partial charge is 0.161 e. The van der Waals surface area contributed by atoms with Crippen LogP contribution in [-0.2, 0) is 5.54 Å². The first kappa shape index (κ1) is 13.7. The average Bonchev–Trinajstić information content (AvgIpc) is 2.46. The number of ether oxygens (including phenoxy) is 2. The number of nitrogens with two attached hydrogens (primary N) is 1. The van der Waals surface area contributed by atoms with Crippen LogP contribution in [0.1, 0.15) is 56.3 Å². The summed E-state index contributed by atoms with van der Waals surface area (Å²) in [5.74, 6) is 1.34. The Labute approximate surface area is 119 Å². The van der Waals surface area contributed by atoms with Gasteiger partial charge in [-0.05, 0) is 43.0 Å². The van der Waals surface area contributed by atoms with Crippen molar-refractivity contribution < 1.29 is 13.9 Å². The topological polar surface area (TPSA) is 44.5 Å². The second-order valence-electron chi connectivity index (χ2n) is 5.92. The van der Waals surface area contributed by atoms with Gasteiger partial charge in [-0.2, -0.15) is 0 Å². The summed E-state index contributed by atoms with van der Waals surface area (Å²) in [7, 11) is 0. The number of hydrogen-bond donors (Lipinski definition) is 1. The fraction of sp³-hybridized carbons (Fsp3) is 0.625. The molecular weight excluding hydrogens is 257 g/mol. The number of hydrogen-bond acceptors (Lipinski definition) is 3. The van der Waals surface area contributed by atoms with Gasteiger partial charge in [0.25, 0.3) is 0 Å². The molecule has 0 aromatic heterocycles. The number of fused-ring (bicyclic) bond motifs is 1. The zero-order valence-electron chi connectivity index (χ0n) is 12.0. The summed E-state index contributed by atoms with van der Waals surface area (Å²) in [5.41, 5.74) is 7.71. The van der Waals surface area contributed by atoms with Crippen LogP contribution in [0.4, 0.5) is 4.39 Å². The number of benzene rings is 1. The van der Waals surface area contributed by atoms with E-state index in [1.165, 1.54) is 6.42 Å². The fourth-order valence-corrected chi connectivity index (χ4v) is 3.32. The predicted octanol–water partition coefficient (Wildman–Crippen LogP) is 3.61. The molecule has 2 aliphatic rings. The van der Waals surface area contributed by atoms with Gasteiger partial charge in [-0.15, -0.1) is 0 Å². The Hall–Kier alpha value is -1.29. The van der Waals surface area contributed by atoms with E-state index < -0.39 is 11.7 Å². The Bertz CT molecular complexity index is 495. The van der Waals surface area contributed by atoms with E-state index in [0.29, 0.717) is 30.3 Å². The van der Waals surface area contributed by atoms with Gasteiger partial charge in [0.1, 0.15) is 19.4 Å². The summed E-state index contributed by atoms with van der Waals surface area (Å²) in [4.78, 5) is 0. The number of alkyl halides is 1. The Morgan fingerprint density at radius 1 is 1.10 bits per heavy atom. The largest absolute Gasteiger partial charge is 0.486 e. The highest BCUT2D eigenvalue weighted by atomic mass is 19.1. The summed E-state index contributed by atoms with van der Waals surface area (Å²) in [6.07, 6.45) is 4.18. The molecule has 0 amide bonds. The third-order valence-corrected chi connectivity index (χ3v) is 4.43. The van der Waals surface area contributed by atoms with Crippen LogP contribution in [0.15, 0.2) is 12.1 Å². The second kappa shape index (κ2) is 5.24. The molecule has 1 heterocycles. The van der Waals surface area contributed by atoms with E-state index >= 15 is 0 Å². The highest BCUT2D eigenvalue weighted by Crippen LogP contribution is 2.44. The van der Waals surface area contributed by atoms with Crippen molar-refractivity contribution in [1.82, 2.24) is 0 Å². The maximum absolute atomic E-state index is 14.0. The lowest BCUT2D eigenvalue weighted by molar-refractivity contribution is 0.169. The minimum atomic E-state index is -1.05. The van der Waals surface area contributed by atoms with Gasteiger partial charge in [0.05, 0.1) is 0 Å². The van der Waals surface area contributed by atoms with Gasteiger partial charge in [-0.3, -0.25) is 0 Å². The summed E-state index contributed by atoms with van der Waals surface area (Å²) >= 11 is 0. The molecule has 1 aliphatic carbocycles. The van der Waals surface area contributed by atoms with Crippen LogP contribution in [0.3, 0.4) is 0 Å². The first-order valence-corrected chi connectivity index (χ1v) is 7.47.